The van der Waals surface area contributed by atoms with E-state index in [-0.39, 0.29) is 6.04 Å². The second-order valence-electron chi connectivity index (χ2n) is 2.54. The molecule has 3 heteroatoms. The van der Waals surface area contributed by atoms with E-state index < -0.39 is 0 Å². The van der Waals surface area contributed by atoms with E-state index in [1.54, 1.807) is 4.68 Å². The number of anilines is 1. The minimum atomic E-state index is 0.268. The van der Waals surface area contributed by atoms with E-state index in [0.29, 0.717) is 0 Å². The quantitative estimate of drug-likeness (QED) is 0.662. The summed E-state index contributed by atoms with van der Waals surface area (Å²) in [4.78, 5) is 0. The third-order valence-electron chi connectivity index (χ3n) is 1.44. The molecule has 0 aliphatic carbocycles. The molecule has 0 aliphatic heterocycles. The third kappa shape index (κ3) is 2.11. The van der Waals surface area contributed by atoms with Crippen molar-refractivity contribution in [2.24, 2.45) is 7.05 Å². The second kappa shape index (κ2) is 3.23. The van der Waals surface area contributed by atoms with E-state index >= 15 is 0 Å². The topological polar surface area (TPSA) is 29.9 Å². The van der Waals surface area contributed by atoms with Crippen LogP contribution in [0.1, 0.15) is 6.92 Å². The van der Waals surface area contributed by atoms with Gasteiger partial charge in [-0.25, -0.2) is 0 Å². The van der Waals surface area contributed by atoms with Gasteiger partial charge in [0.25, 0.3) is 0 Å². The van der Waals surface area contributed by atoms with E-state index in [9.17, 15) is 0 Å². The lowest BCUT2D eigenvalue weighted by Gasteiger charge is -2.05. The highest BCUT2D eigenvalue weighted by atomic mass is 15.3. The van der Waals surface area contributed by atoms with Crippen LogP contribution in [-0.4, -0.2) is 15.8 Å². The molecule has 3 nitrogen and oxygen atoms in total. The summed E-state index contributed by atoms with van der Waals surface area (Å²) >= 11 is 0. The fraction of sp³-hybridized carbons (Fsp3) is 0.375. The predicted molar refractivity (Wildman–Crippen MR) is 46.5 cm³/mol. The fourth-order valence-corrected chi connectivity index (χ4v) is 0.784. The molecule has 1 aromatic heterocycles. The molecule has 11 heavy (non-hydrogen) atoms. The first-order valence-corrected chi connectivity index (χ1v) is 3.61. The van der Waals surface area contributed by atoms with Crippen molar-refractivity contribution in [2.45, 2.75) is 13.0 Å². The Morgan fingerprint density at radius 3 is 3.00 bits per heavy atom. The van der Waals surface area contributed by atoms with Crippen LogP contribution in [0.15, 0.2) is 24.9 Å². The Morgan fingerprint density at radius 1 is 1.82 bits per heavy atom. The molecule has 60 valence electrons. The second-order valence-corrected chi connectivity index (χ2v) is 2.54. The van der Waals surface area contributed by atoms with Crippen LogP contribution >= 0.6 is 0 Å². The third-order valence-corrected chi connectivity index (χ3v) is 1.44. The van der Waals surface area contributed by atoms with Crippen LogP contribution in [0.25, 0.3) is 0 Å². The van der Waals surface area contributed by atoms with Gasteiger partial charge < -0.3 is 5.32 Å². The number of aromatic nitrogens is 2. The smallest absolute Gasteiger partial charge is 0.148 e. The van der Waals surface area contributed by atoms with Crippen LogP contribution in [0, 0.1) is 0 Å². The molecule has 0 radical (unpaired) electrons. The first-order valence-electron chi connectivity index (χ1n) is 3.61. The molecule has 1 rings (SSSR count). The Bertz CT molecular complexity index is 239. The summed E-state index contributed by atoms with van der Waals surface area (Å²) in [6.45, 7) is 5.70. The Hall–Kier alpha value is -1.25. The molecule has 1 heterocycles. The SMILES string of the molecule is C=CC(C)Nc1ccn(C)n1. The number of hydrogen-bond donors (Lipinski definition) is 1. The maximum atomic E-state index is 4.16. The van der Waals surface area contributed by atoms with Gasteiger partial charge in [-0.05, 0) is 6.92 Å². The van der Waals surface area contributed by atoms with Crippen molar-refractivity contribution < 1.29 is 0 Å². The minimum Gasteiger partial charge on any atom is -0.363 e. The van der Waals surface area contributed by atoms with Crippen molar-refractivity contribution in [3.63, 3.8) is 0 Å². The van der Waals surface area contributed by atoms with Crippen molar-refractivity contribution >= 4 is 5.82 Å². The highest BCUT2D eigenvalue weighted by Crippen LogP contribution is 2.02. The molecular weight excluding hydrogens is 138 g/mol. The van der Waals surface area contributed by atoms with Crippen LogP contribution in [0.5, 0.6) is 0 Å². The normalized spacial score (nSPS) is 12.5. The molecule has 0 amide bonds. The van der Waals surface area contributed by atoms with E-state index in [0.717, 1.165) is 5.82 Å². The molecule has 0 bridgehead atoms. The summed E-state index contributed by atoms with van der Waals surface area (Å²) in [5.74, 6) is 0.889. The summed E-state index contributed by atoms with van der Waals surface area (Å²) < 4.78 is 1.76. The summed E-state index contributed by atoms with van der Waals surface area (Å²) in [7, 11) is 1.89. The predicted octanol–water partition coefficient (Wildman–Crippen LogP) is 1.41. The van der Waals surface area contributed by atoms with Crippen LogP contribution in [0.4, 0.5) is 5.82 Å². The Morgan fingerprint density at radius 2 is 2.55 bits per heavy atom. The van der Waals surface area contributed by atoms with Gasteiger partial charge in [0.15, 0.2) is 0 Å². The maximum absolute atomic E-state index is 4.16. The summed E-state index contributed by atoms with van der Waals surface area (Å²) in [5, 5.41) is 7.32. The first-order chi connectivity index (χ1) is 5.22. The Balaban J connectivity index is 2.57. The van der Waals surface area contributed by atoms with Gasteiger partial charge in [0.1, 0.15) is 5.82 Å². The number of nitrogens with zero attached hydrogens (tertiary/aromatic N) is 2. The van der Waals surface area contributed by atoms with Crippen molar-refractivity contribution in [2.75, 3.05) is 5.32 Å². The van der Waals surface area contributed by atoms with E-state index in [2.05, 4.69) is 17.0 Å². The van der Waals surface area contributed by atoms with Crippen molar-refractivity contribution in [1.82, 2.24) is 9.78 Å². The van der Waals surface area contributed by atoms with Crippen molar-refractivity contribution in [3.8, 4) is 0 Å². The number of aryl methyl sites for hydroxylation is 1. The van der Waals surface area contributed by atoms with Gasteiger partial charge in [-0.2, -0.15) is 5.10 Å². The molecule has 0 fully saturated rings. The van der Waals surface area contributed by atoms with E-state index in [1.807, 2.05) is 32.3 Å². The van der Waals surface area contributed by atoms with Crippen molar-refractivity contribution in [1.29, 1.82) is 0 Å². The van der Waals surface area contributed by atoms with Gasteiger partial charge in [0.05, 0.1) is 0 Å². The largest absolute Gasteiger partial charge is 0.363 e. The molecule has 0 saturated carbocycles. The fourth-order valence-electron chi connectivity index (χ4n) is 0.784. The highest BCUT2D eigenvalue weighted by Gasteiger charge is 1.97. The molecule has 0 aliphatic rings. The van der Waals surface area contributed by atoms with Crippen LogP contribution < -0.4 is 5.32 Å². The Kier molecular flexibility index (Phi) is 2.31. The lowest BCUT2D eigenvalue weighted by atomic mass is 10.3. The first kappa shape index (κ1) is 7.85. The van der Waals surface area contributed by atoms with Crippen LogP contribution in [-0.2, 0) is 7.05 Å². The van der Waals surface area contributed by atoms with Gasteiger partial charge >= 0.3 is 0 Å². The molecule has 1 N–H and O–H groups in total. The number of hydrogen-bond acceptors (Lipinski definition) is 2. The maximum Gasteiger partial charge on any atom is 0.148 e. The molecule has 0 spiro atoms. The van der Waals surface area contributed by atoms with Gasteiger partial charge in [-0.15, -0.1) is 6.58 Å². The van der Waals surface area contributed by atoms with Gasteiger partial charge in [0, 0.05) is 25.4 Å². The zero-order valence-electron chi connectivity index (χ0n) is 6.91. The number of rotatable bonds is 3. The summed E-state index contributed by atoms with van der Waals surface area (Å²) in [6.07, 6.45) is 3.74. The average Bonchev–Trinajstić information content (AvgIpc) is 2.35. The summed E-state index contributed by atoms with van der Waals surface area (Å²) in [6, 6.07) is 2.20. The van der Waals surface area contributed by atoms with Crippen LogP contribution in [0.2, 0.25) is 0 Å². The van der Waals surface area contributed by atoms with Crippen LogP contribution in [0.3, 0.4) is 0 Å². The molecule has 1 aromatic rings. The molecular formula is C8H13N3. The van der Waals surface area contributed by atoms with E-state index in [1.165, 1.54) is 0 Å². The number of nitrogens with one attached hydrogen (secondary N) is 1. The lowest BCUT2D eigenvalue weighted by molar-refractivity contribution is 0.766. The molecule has 0 aromatic carbocycles. The monoisotopic (exact) mass is 151 g/mol. The average molecular weight is 151 g/mol. The Labute approximate surface area is 66.7 Å². The van der Waals surface area contributed by atoms with E-state index in [4.69, 9.17) is 0 Å². The van der Waals surface area contributed by atoms with Gasteiger partial charge in [-0.3, -0.25) is 4.68 Å². The standard InChI is InChI=1S/C8H13N3/c1-4-7(2)9-8-5-6-11(3)10-8/h4-7H,1H2,2-3H3,(H,9,10). The highest BCUT2D eigenvalue weighted by molar-refractivity contribution is 5.34. The molecule has 1 unspecified atom stereocenters. The molecule has 0 saturated heterocycles. The van der Waals surface area contributed by atoms with Gasteiger partial charge in [-0.1, -0.05) is 6.08 Å². The molecule has 1 atom stereocenters. The lowest BCUT2D eigenvalue weighted by Crippen LogP contribution is -2.11. The zero-order chi connectivity index (χ0) is 8.27. The van der Waals surface area contributed by atoms with Gasteiger partial charge in [0.2, 0.25) is 0 Å². The van der Waals surface area contributed by atoms with Crippen molar-refractivity contribution in [3.05, 3.63) is 24.9 Å². The zero-order valence-corrected chi connectivity index (χ0v) is 6.91. The summed E-state index contributed by atoms with van der Waals surface area (Å²) in [5.41, 5.74) is 0. The minimum absolute atomic E-state index is 0.268.